The van der Waals surface area contributed by atoms with Crippen LogP contribution in [0.5, 0.6) is 0 Å². The van der Waals surface area contributed by atoms with E-state index >= 15 is 0 Å². The molecule has 2 saturated heterocycles. The van der Waals surface area contributed by atoms with Crippen LogP contribution in [0.4, 0.5) is 10.1 Å². The minimum atomic E-state index is -0.699. The number of anilines is 1. The van der Waals surface area contributed by atoms with E-state index in [1.54, 1.807) is 0 Å². The monoisotopic (exact) mass is 464 g/mol. The Morgan fingerprint density at radius 2 is 1.76 bits per heavy atom. The zero-order valence-electron chi connectivity index (χ0n) is 19.1. The summed E-state index contributed by atoms with van der Waals surface area (Å²) in [7, 11) is 0. The van der Waals surface area contributed by atoms with Crippen molar-refractivity contribution in [1.29, 1.82) is 0 Å². The summed E-state index contributed by atoms with van der Waals surface area (Å²) in [5, 5.41) is 2.31. The average molecular weight is 465 g/mol. The van der Waals surface area contributed by atoms with Crippen molar-refractivity contribution in [1.82, 2.24) is 15.1 Å². The third kappa shape index (κ3) is 4.55. The number of aryl methyl sites for hydroxylation is 1. The van der Waals surface area contributed by atoms with Gasteiger partial charge in [-0.1, -0.05) is 30.3 Å². The van der Waals surface area contributed by atoms with Gasteiger partial charge in [0.2, 0.25) is 11.8 Å². The Hall–Kier alpha value is -3.26. The summed E-state index contributed by atoms with van der Waals surface area (Å²) in [5.41, 5.74) is 3.18. The Kier molecular flexibility index (Phi) is 6.32. The molecule has 0 aromatic heterocycles. The highest BCUT2D eigenvalue weighted by atomic mass is 19.1. The second-order valence-corrected chi connectivity index (χ2v) is 9.27. The van der Waals surface area contributed by atoms with E-state index in [9.17, 15) is 18.8 Å². The first-order chi connectivity index (χ1) is 16.5. The normalized spacial score (nSPS) is 21.1. The molecule has 0 bridgehead atoms. The zero-order chi connectivity index (χ0) is 23.7. The van der Waals surface area contributed by atoms with E-state index in [1.807, 2.05) is 6.07 Å². The molecule has 7 nitrogen and oxygen atoms in total. The number of piperidine rings is 1. The zero-order valence-corrected chi connectivity index (χ0v) is 19.1. The number of nitrogens with zero attached hydrogens (tertiary/aromatic N) is 3. The molecule has 2 fully saturated rings. The van der Waals surface area contributed by atoms with Crippen LogP contribution in [0.3, 0.4) is 0 Å². The maximum Gasteiger partial charge on any atom is 0.255 e. The number of rotatable bonds is 6. The minimum Gasteiger partial charge on any atom is -0.369 e. The first kappa shape index (κ1) is 22.5. The van der Waals surface area contributed by atoms with Crippen molar-refractivity contribution < 1.29 is 18.8 Å². The molecule has 0 spiro atoms. The lowest BCUT2D eigenvalue weighted by Crippen LogP contribution is -2.52. The van der Waals surface area contributed by atoms with E-state index in [1.165, 1.54) is 22.6 Å². The lowest BCUT2D eigenvalue weighted by molar-refractivity contribution is -0.136. The number of halogens is 1. The molecule has 1 N–H and O–H groups in total. The summed E-state index contributed by atoms with van der Waals surface area (Å²) in [4.78, 5) is 43.0. The van der Waals surface area contributed by atoms with E-state index in [2.05, 4.69) is 39.4 Å². The molecule has 8 heteroatoms. The molecule has 0 saturated carbocycles. The second-order valence-electron chi connectivity index (χ2n) is 9.27. The molecule has 2 aromatic rings. The number of imide groups is 1. The lowest BCUT2D eigenvalue weighted by atomic mass is 10.0. The number of nitrogens with one attached hydrogen (secondary N) is 1. The number of fused-ring (bicyclic) bond motifs is 1. The summed E-state index contributed by atoms with van der Waals surface area (Å²) in [6.07, 6.45) is 2.64. The average Bonchev–Trinajstić information content (AvgIpc) is 3.16. The first-order valence-electron chi connectivity index (χ1n) is 12.0. The largest absolute Gasteiger partial charge is 0.369 e. The number of carbonyl (C=O) groups excluding carboxylic acids is 3. The Labute approximate surface area is 198 Å². The third-order valence-corrected chi connectivity index (χ3v) is 7.09. The molecule has 178 valence electrons. The summed E-state index contributed by atoms with van der Waals surface area (Å²) >= 11 is 0. The van der Waals surface area contributed by atoms with Crippen LogP contribution >= 0.6 is 0 Å². The number of benzene rings is 2. The summed E-state index contributed by atoms with van der Waals surface area (Å²) in [5.74, 6) is -1.57. The van der Waals surface area contributed by atoms with Crippen molar-refractivity contribution in [2.24, 2.45) is 0 Å². The number of piperazine rings is 1. The van der Waals surface area contributed by atoms with Gasteiger partial charge in [0.05, 0.1) is 0 Å². The number of hydrogen-bond acceptors (Lipinski definition) is 5. The van der Waals surface area contributed by atoms with Crippen molar-refractivity contribution in [3.8, 4) is 0 Å². The van der Waals surface area contributed by atoms with Crippen LogP contribution in [-0.2, 0) is 22.6 Å². The van der Waals surface area contributed by atoms with Gasteiger partial charge in [-0.25, -0.2) is 4.39 Å². The van der Waals surface area contributed by atoms with Gasteiger partial charge in [0, 0.05) is 56.0 Å². The predicted molar refractivity (Wildman–Crippen MR) is 126 cm³/mol. The number of carbonyl (C=O) groups is 3. The lowest BCUT2D eigenvalue weighted by Gasteiger charge is -2.37. The molecular weight excluding hydrogens is 435 g/mol. The van der Waals surface area contributed by atoms with Gasteiger partial charge < -0.3 is 9.80 Å². The molecule has 2 aromatic carbocycles. The quantitative estimate of drug-likeness (QED) is 0.665. The molecule has 1 atom stereocenters. The third-order valence-electron chi connectivity index (χ3n) is 7.09. The van der Waals surface area contributed by atoms with Crippen molar-refractivity contribution in [2.75, 3.05) is 37.6 Å². The van der Waals surface area contributed by atoms with Gasteiger partial charge in [0.25, 0.3) is 5.91 Å². The molecule has 3 heterocycles. The first-order valence-corrected chi connectivity index (χ1v) is 12.0. The maximum atomic E-state index is 14.5. The van der Waals surface area contributed by atoms with Gasteiger partial charge in [-0.15, -0.1) is 0 Å². The Balaban J connectivity index is 1.23. The number of amides is 3. The van der Waals surface area contributed by atoms with E-state index in [0.29, 0.717) is 12.0 Å². The molecule has 5 rings (SSSR count). The van der Waals surface area contributed by atoms with E-state index in [0.717, 1.165) is 56.8 Å². The molecular formula is C26H29FN4O3. The van der Waals surface area contributed by atoms with E-state index in [4.69, 9.17) is 0 Å². The fourth-order valence-corrected chi connectivity index (χ4v) is 5.25. The molecule has 0 aliphatic carbocycles. The standard InChI is InChI=1S/C26H29FN4O3/c27-19-15-20-21(17-31(26(20)34)22-8-9-24(32)28-25(22)33)23(16-19)30-13-11-29(12-14-30)10-4-7-18-5-2-1-3-6-18/h1-3,5-6,15-16,22H,4,7-14,17H2,(H,28,32,33). The predicted octanol–water partition coefficient (Wildman–Crippen LogP) is 2.34. The Bertz CT molecular complexity index is 1100. The van der Waals surface area contributed by atoms with Crippen LogP contribution < -0.4 is 10.2 Å². The number of hydrogen-bond donors (Lipinski definition) is 1. The van der Waals surface area contributed by atoms with Crippen LogP contribution in [0.1, 0.15) is 40.7 Å². The highest BCUT2D eigenvalue weighted by Crippen LogP contribution is 2.35. The topological polar surface area (TPSA) is 73.0 Å². The van der Waals surface area contributed by atoms with Gasteiger partial charge in [0.1, 0.15) is 11.9 Å². The van der Waals surface area contributed by atoms with Crippen LogP contribution in [0, 0.1) is 5.82 Å². The fraction of sp³-hybridized carbons (Fsp3) is 0.423. The molecule has 1 unspecified atom stereocenters. The molecule has 0 radical (unpaired) electrons. The van der Waals surface area contributed by atoms with Crippen LogP contribution in [0.25, 0.3) is 0 Å². The SMILES string of the molecule is O=C1CCC(N2Cc3c(cc(F)cc3N3CCN(CCCc4ccccc4)CC3)C2=O)C(=O)N1. The molecule has 3 aliphatic rings. The molecule has 34 heavy (non-hydrogen) atoms. The van der Waals surface area contributed by atoms with E-state index < -0.39 is 17.8 Å². The summed E-state index contributed by atoms with van der Waals surface area (Å²) < 4.78 is 14.5. The summed E-state index contributed by atoms with van der Waals surface area (Å²) in [6, 6.07) is 12.6. The van der Waals surface area contributed by atoms with E-state index in [-0.39, 0.29) is 24.8 Å². The highest BCUT2D eigenvalue weighted by Gasteiger charge is 2.41. The van der Waals surface area contributed by atoms with Crippen LogP contribution in [0.2, 0.25) is 0 Å². The van der Waals surface area contributed by atoms with Crippen molar-refractivity contribution >= 4 is 23.4 Å². The minimum absolute atomic E-state index is 0.198. The summed E-state index contributed by atoms with van der Waals surface area (Å²) in [6.45, 7) is 4.55. The van der Waals surface area contributed by atoms with Crippen LogP contribution in [-0.4, -0.2) is 66.3 Å². The van der Waals surface area contributed by atoms with Crippen molar-refractivity contribution in [3.05, 3.63) is 65.0 Å². The van der Waals surface area contributed by atoms with Gasteiger partial charge in [-0.2, -0.15) is 0 Å². The van der Waals surface area contributed by atoms with Gasteiger partial charge in [-0.3, -0.25) is 24.6 Å². The van der Waals surface area contributed by atoms with Gasteiger partial charge in [-0.05, 0) is 43.5 Å². The van der Waals surface area contributed by atoms with Crippen molar-refractivity contribution in [3.63, 3.8) is 0 Å². The van der Waals surface area contributed by atoms with Gasteiger partial charge in [0.15, 0.2) is 0 Å². The molecule has 3 amide bonds. The van der Waals surface area contributed by atoms with Crippen molar-refractivity contribution in [2.45, 2.75) is 38.3 Å². The Morgan fingerprint density at radius 3 is 2.50 bits per heavy atom. The second kappa shape index (κ2) is 9.54. The fourth-order valence-electron chi connectivity index (χ4n) is 5.25. The Morgan fingerprint density at radius 1 is 1.00 bits per heavy atom. The smallest absolute Gasteiger partial charge is 0.255 e. The maximum absolute atomic E-state index is 14.5. The highest BCUT2D eigenvalue weighted by molar-refractivity contribution is 6.06. The van der Waals surface area contributed by atoms with Crippen LogP contribution in [0.15, 0.2) is 42.5 Å². The van der Waals surface area contributed by atoms with Gasteiger partial charge >= 0.3 is 0 Å². The molecule has 3 aliphatic heterocycles.